The summed E-state index contributed by atoms with van der Waals surface area (Å²) >= 11 is 0.903. The van der Waals surface area contributed by atoms with Crippen molar-refractivity contribution in [2.45, 2.75) is 0 Å². The molecule has 1 aliphatic rings. The van der Waals surface area contributed by atoms with Crippen LogP contribution in [0.3, 0.4) is 0 Å². The Hall–Kier alpha value is -2.60. The Morgan fingerprint density at radius 2 is 1.90 bits per heavy atom. The third-order valence-corrected chi connectivity index (χ3v) is 4.25. The lowest BCUT2D eigenvalue weighted by Gasteiger charge is -2.03. The highest BCUT2D eigenvalue weighted by molar-refractivity contribution is 7.06. The van der Waals surface area contributed by atoms with Crippen LogP contribution in [0.5, 0.6) is 11.5 Å². The molecule has 0 N–H and O–H groups in total. The van der Waals surface area contributed by atoms with E-state index in [1.807, 2.05) is 0 Å². The topological polar surface area (TPSA) is 57.5 Å². The predicted molar refractivity (Wildman–Crippen MR) is 78.4 cm³/mol. The van der Waals surface area contributed by atoms with Crippen LogP contribution in [-0.2, 0) is 0 Å². The van der Waals surface area contributed by atoms with E-state index in [2.05, 4.69) is 0 Å². The van der Waals surface area contributed by atoms with Crippen LogP contribution in [0.4, 0.5) is 0 Å². The van der Waals surface area contributed by atoms with Crippen molar-refractivity contribution in [1.82, 2.24) is 3.96 Å². The number of ether oxygens (including phenoxy) is 2. The Balaban J connectivity index is 1.85. The number of benzene rings is 2. The van der Waals surface area contributed by atoms with Crippen molar-refractivity contribution < 1.29 is 14.3 Å². The minimum absolute atomic E-state index is 0.125. The smallest absolute Gasteiger partial charge is 0.271 e. The van der Waals surface area contributed by atoms with E-state index in [4.69, 9.17) is 9.47 Å². The lowest BCUT2D eigenvalue weighted by molar-refractivity contribution is 0.0975. The molecule has 0 saturated heterocycles. The van der Waals surface area contributed by atoms with Gasteiger partial charge in [-0.1, -0.05) is 12.1 Å². The van der Waals surface area contributed by atoms with E-state index in [-0.39, 0.29) is 17.4 Å². The fraction of sp³-hybridized carbons (Fsp3) is 0.0667. The van der Waals surface area contributed by atoms with Gasteiger partial charge >= 0.3 is 0 Å². The predicted octanol–water partition coefficient (Wildman–Crippen LogP) is 2.48. The maximum Gasteiger partial charge on any atom is 0.271 e. The monoisotopic (exact) mass is 299 g/mol. The summed E-state index contributed by atoms with van der Waals surface area (Å²) in [5.74, 6) is 0.915. The van der Waals surface area contributed by atoms with Gasteiger partial charge in [0.2, 0.25) is 6.79 Å². The number of carbonyl (C=O) groups is 1. The number of para-hydroxylation sites is 1. The van der Waals surface area contributed by atoms with E-state index < -0.39 is 0 Å². The molecule has 104 valence electrons. The highest BCUT2D eigenvalue weighted by Crippen LogP contribution is 2.33. The van der Waals surface area contributed by atoms with Crippen molar-refractivity contribution in [3.8, 4) is 11.5 Å². The molecule has 21 heavy (non-hydrogen) atoms. The lowest BCUT2D eigenvalue weighted by atomic mass is 10.2. The summed E-state index contributed by atoms with van der Waals surface area (Å²) in [6.45, 7) is 0.159. The van der Waals surface area contributed by atoms with Crippen LogP contribution < -0.4 is 14.2 Å². The van der Waals surface area contributed by atoms with Gasteiger partial charge in [-0.25, -0.2) is 3.96 Å². The largest absolute Gasteiger partial charge is 0.454 e. The number of fused-ring (bicyclic) bond motifs is 2. The maximum absolute atomic E-state index is 12.6. The summed E-state index contributed by atoms with van der Waals surface area (Å²) in [5, 5.41) is 0.552. The van der Waals surface area contributed by atoms with Crippen LogP contribution >= 0.6 is 11.5 Å². The van der Waals surface area contributed by atoms with Crippen molar-refractivity contribution >= 4 is 28.3 Å². The second-order valence-corrected chi connectivity index (χ2v) is 5.48. The van der Waals surface area contributed by atoms with Crippen LogP contribution in [0, 0.1) is 0 Å². The van der Waals surface area contributed by atoms with Crippen LogP contribution in [0.2, 0.25) is 0 Å². The molecular weight excluding hydrogens is 290 g/mol. The van der Waals surface area contributed by atoms with Crippen molar-refractivity contribution in [3.63, 3.8) is 0 Å². The van der Waals surface area contributed by atoms with Crippen LogP contribution in [0.25, 0.3) is 10.9 Å². The molecule has 0 aliphatic carbocycles. The van der Waals surface area contributed by atoms with Crippen molar-refractivity contribution in [2.24, 2.45) is 0 Å². The first-order valence-corrected chi connectivity index (χ1v) is 7.07. The first-order chi connectivity index (χ1) is 10.2. The average Bonchev–Trinajstić information content (AvgIpc) is 3.11. The van der Waals surface area contributed by atoms with Gasteiger partial charge in [-0.2, -0.15) is 0 Å². The molecule has 2 aromatic carbocycles. The molecule has 0 radical (unpaired) electrons. The first kappa shape index (κ1) is 12.2. The molecule has 5 nitrogen and oxygen atoms in total. The Labute approximate surface area is 123 Å². The first-order valence-electron chi connectivity index (χ1n) is 6.29. The van der Waals surface area contributed by atoms with Gasteiger partial charge < -0.3 is 9.47 Å². The van der Waals surface area contributed by atoms with E-state index in [0.29, 0.717) is 28.0 Å². The highest BCUT2D eigenvalue weighted by atomic mass is 32.1. The van der Waals surface area contributed by atoms with Gasteiger partial charge in [0, 0.05) is 5.56 Å². The van der Waals surface area contributed by atoms with Gasteiger partial charge in [-0.05, 0) is 41.9 Å². The molecule has 0 saturated carbocycles. The molecule has 0 unspecified atom stereocenters. The zero-order valence-corrected chi connectivity index (χ0v) is 11.6. The number of nitrogens with zero attached hydrogens (tertiary/aromatic N) is 1. The van der Waals surface area contributed by atoms with Crippen LogP contribution in [0.15, 0.2) is 47.3 Å². The number of carbonyl (C=O) groups excluding carboxylic acids is 1. The Bertz CT molecular complexity index is 925. The molecule has 4 rings (SSSR count). The summed E-state index contributed by atoms with van der Waals surface area (Å²) in [4.78, 5) is 24.5. The number of hydrogen-bond acceptors (Lipinski definition) is 5. The maximum atomic E-state index is 12.6. The third-order valence-electron chi connectivity index (χ3n) is 3.32. The zero-order chi connectivity index (χ0) is 14.4. The number of aromatic nitrogens is 1. The summed E-state index contributed by atoms with van der Waals surface area (Å²) < 4.78 is 11.8. The third kappa shape index (κ3) is 1.84. The average molecular weight is 299 g/mol. The second-order valence-electron chi connectivity index (χ2n) is 4.56. The van der Waals surface area contributed by atoms with E-state index in [1.165, 1.54) is 3.96 Å². The molecule has 1 aliphatic heterocycles. The molecule has 6 heteroatoms. The summed E-state index contributed by atoms with van der Waals surface area (Å²) in [6.07, 6.45) is 0. The molecule has 2 heterocycles. The molecular formula is C15H9NO4S. The highest BCUT2D eigenvalue weighted by Gasteiger charge is 2.19. The van der Waals surface area contributed by atoms with Gasteiger partial charge in [0.1, 0.15) is 0 Å². The SMILES string of the molecule is O=C(c1ccc2c(c1)OCO2)n1sc(=O)c2ccccc21. The molecule has 0 bridgehead atoms. The van der Waals surface area contributed by atoms with Gasteiger partial charge in [0.25, 0.3) is 10.6 Å². The van der Waals surface area contributed by atoms with Crippen LogP contribution in [0.1, 0.15) is 10.4 Å². The zero-order valence-electron chi connectivity index (χ0n) is 10.7. The second kappa shape index (κ2) is 4.46. The van der Waals surface area contributed by atoms with Gasteiger partial charge in [-0.3, -0.25) is 9.59 Å². The Morgan fingerprint density at radius 3 is 2.81 bits per heavy atom. The lowest BCUT2D eigenvalue weighted by Crippen LogP contribution is -2.09. The Morgan fingerprint density at radius 1 is 1.10 bits per heavy atom. The quantitative estimate of drug-likeness (QED) is 0.692. The summed E-state index contributed by atoms with van der Waals surface area (Å²) in [5.41, 5.74) is 1.08. The fourth-order valence-corrected chi connectivity index (χ4v) is 3.18. The normalized spacial score (nSPS) is 12.8. The van der Waals surface area contributed by atoms with E-state index >= 15 is 0 Å². The van der Waals surface area contributed by atoms with E-state index in [9.17, 15) is 9.59 Å². The number of rotatable bonds is 1. The molecule has 0 atom stereocenters. The minimum atomic E-state index is -0.253. The van der Waals surface area contributed by atoms with E-state index in [0.717, 1.165) is 11.5 Å². The fourth-order valence-electron chi connectivity index (χ4n) is 2.30. The molecule has 1 aromatic heterocycles. The van der Waals surface area contributed by atoms with E-state index in [1.54, 1.807) is 42.5 Å². The number of hydrogen-bond donors (Lipinski definition) is 0. The van der Waals surface area contributed by atoms with Gasteiger partial charge in [-0.15, -0.1) is 0 Å². The standard InChI is InChI=1S/C15H9NO4S/c17-14(9-5-6-12-13(7-9)20-8-19-12)16-11-4-2-1-3-10(11)15(18)21-16/h1-7H,8H2. The molecule has 0 spiro atoms. The Kier molecular flexibility index (Phi) is 2.58. The van der Waals surface area contributed by atoms with Crippen molar-refractivity contribution in [2.75, 3.05) is 6.79 Å². The van der Waals surface area contributed by atoms with Gasteiger partial charge in [0.15, 0.2) is 11.5 Å². The van der Waals surface area contributed by atoms with Crippen LogP contribution in [-0.4, -0.2) is 16.7 Å². The summed E-state index contributed by atoms with van der Waals surface area (Å²) in [7, 11) is 0. The van der Waals surface area contributed by atoms with Gasteiger partial charge in [0.05, 0.1) is 10.9 Å². The summed E-state index contributed by atoms with van der Waals surface area (Å²) in [6, 6.07) is 12.1. The minimum Gasteiger partial charge on any atom is -0.454 e. The molecule has 0 fully saturated rings. The molecule has 0 amide bonds. The van der Waals surface area contributed by atoms with Crippen molar-refractivity contribution in [1.29, 1.82) is 0 Å². The van der Waals surface area contributed by atoms with Crippen molar-refractivity contribution in [3.05, 3.63) is 57.6 Å². The molecule has 3 aromatic rings.